The van der Waals surface area contributed by atoms with E-state index in [-0.39, 0.29) is 30.0 Å². The molecule has 8 nitrogen and oxygen atoms in total. The predicted molar refractivity (Wildman–Crippen MR) is 87.5 cm³/mol. The molecule has 9 heteroatoms. The van der Waals surface area contributed by atoms with Crippen molar-refractivity contribution in [3.8, 4) is 0 Å². The van der Waals surface area contributed by atoms with Crippen LogP contribution in [0.3, 0.4) is 0 Å². The number of ether oxygens (including phenoxy) is 1. The molecule has 1 N–H and O–H groups in total. The minimum atomic E-state index is -3.10. The van der Waals surface area contributed by atoms with Crippen molar-refractivity contribution in [3.05, 3.63) is 0 Å². The third-order valence-electron chi connectivity index (χ3n) is 4.74. The number of hydrogen-bond donors (Lipinski definition) is 1. The Kier molecular flexibility index (Phi) is 6.59. The molecular formula is C15H26N2O6S. The average Bonchev–Trinajstić information content (AvgIpc) is 2.88. The van der Waals surface area contributed by atoms with Gasteiger partial charge in [-0.2, -0.15) is 0 Å². The number of carboxylic acids is 1. The van der Waals surface area contributed by atoms with Gasteiger partial charge in [-0.1, -0.05) is 6.42 Å². The van der Waals surface area contributed by atoms with Crippen LogP contribution in [0.25, 0.3) is 0 Å². The number of hydrogen-bond acceptors (Lipinski definition) is 6. The molecule has 2 aliphatic rings. The van der Waals surface area contributed by atoms with Gasteiger partial charge in [0.05, 0.1) is 24.7 Å². The van der Waals surface area contributed by atoms with E-state index in [2.05, 4.69) is 0 Å². The van der Waals surface area contributed by atoms with Gasteiger partial charge >= 0.3 is 5.97 Å². The first kappa shape index (κ1) is 19.1. The number of carboxylic acid groups (broad SMARTS) is 1. The summed E-state index contributed by atoms with van der Waals surface area (Å²) in [6.07, 6.45) is 2.68. The normalized spacial score (nSPS) is 27.0. The first-order valence-corrected chi connectivity index (χ1v) is 10.1. The summed E-state index contributed by atoms with van der Waals surface area (Å²) >= 11 is 0. The Labute approximate surface area is 142 Å². The number of amides is 1. The highest BCUT2D eigenvalue weighted by atomic mass is 32.2. The van der Waals surface area contributed by atoms with E-state index in [4.69, 9.17) is 4.74 Å². The van der Waals surface area contributed by atoms with E-state index in [9.17, 15) is 23.1 Å². The monoisotopic (exact) mass is 362 g/mol. The molecule has 0 bridgehead atoms. The van der Waals surface area contributed by atoms with E-state index in [1.807, 2.05) is 0 Å². The molecule has 0 radical (unpaired) electrons. The van der Waals surface area contributed by atoms with E-state index in [0.717, 1.165) is 12.8 Å². The summed E-state index contributed by atoms with van der Waals surface area (Å²) in [4.78, 5) is 27.3. The molecule has 2 aliphatic heterocycles. The van der Waals surface area contributed by atoms with Crippen LogP contribution in [-0.4, -0.2) is 92.1 Å². The number of sulfone groups is 1. The highest BCUT2D eigenvalue weighted by Crippen LogP contribution is 2.20. The number of carbonyl (C=O) groups is 2. The zero-order valence-electron chi connectivity index (χ0n) is 14.0. The Balaban J connectivity index is 2.05. The molecule has 2 heterocycles. The first-order chi connectivity index (χ1) is 11.3. The molecule has 0 spiro atoms. The molecule has 2 rings (SSSR count). The van der Waals surface area contributed by atoms with E-state index in [1.165, 1.54) is 7.11 Å². The second-order valence-corrected chi connectivity index (χ2v) is 8.69. The van der Waals surface area contributed by atoms with Crippen molar-refractivity contribution in [1.82, 2.24) is 9.80 Å². The van der Waals surface area contributed by atoms with Gasteiger partial charge in [-0.05, 0) is 25.8 Å². The van der Waals surface area contributed by atoms with Crippen LogP contribution in [0.4, 0.5) is 0 Å². The third kappa shape index (κ3) is 4.90. The van der Waals surface area contributed by atoms with E-state index >= 15 is 0 Å². The highest BCUT2D eigenvalue weighted by molar-refractivity contribution is 7.91. The number of rotatable bonds is 7. The number of methoxy groups -OCH3 is 1. The van der Waals surface area contributed by atoms with Crippen molar-refractivity contribution in [2.45, 2.75) is 37.8 Å². The zero-order chi connectivity index (χ0) is 17.7. The summed E-state index contributed by atoms with van der Waals surface area (Å²) in [6.45, 7) is 1.23. The van der Waals surface area contributed by atoms with Crippen molar-refractivity contribution in [2.75, 3.05) is 44.9 Å². The number of aliphatic carboxylic acids is 1. The lowest BCUT2D eigenvalue weighted by molar-refractivity contribution is -0.146. The maximum Gasteiger partial charge on any atom is 0.320 e. The summed E-state index contributed by atoms with van der Waals surface area (Å²) in [5.41, 5.74) is 0. The largest absolute Gasteiger partial charge is 0.480 e. The molecule has 1 amide bonds. The number of nitrogens with zero attached hydrogens (tertiary/aromatic N) is 2. The third-order valence-corrected chi connectivity index (χ3v) is 6.49. The van der Waals surface area contributed by atoms with E-state index in [0.29, 0.717) is 32.5 Å². The van der Waals surface area contributed by atoms with Crippen molar-refractivity contribution in [1.29, 1.82) is 0 Å². The Hall–Kier alpha value is -1.19. The number of carbonyl (C=O) groups excluding carboxylic acids is 1. The minimum absolute atomic E-state index is 0.0111. The molecule has 2 unspecified atom stereocenters. The Morgan fingerprint density at radius 2 is 2.04 bits per heavy atom. The lowest BCUT2D eigenvalue weighted by atomic mass is 10.0. The number of piperidine rings is 1. The highest BCUT2D eigenvalue weighted by Gasteiger charge is 2.36. The van der Waals surface area contributed by atoms with Crippen LogP contribution in [0.2, 0.25) is 0 Å². The predicted octanol–water partition coefficient (Wildman–Crippen LogP) is -0.412. The first-order valence-electron chi connectivity index (χ1n) is 8.30. The second-order valence-electron chi connectivity index (χ2n) is 6.46. The van der Waals surface area contributed by atoms with Gasteiger partial charge in [0.15, 0.2) is 9.84 Å². The quantitative estimate of drug-likeness (QED) is 0.656. The topological polar surface area (TPSA) is 104 Å². The molecule has 0 aliphatic carbocycles. The van der Waals surface area contributed by atoms with Crippen LogP contribution in [0.5, 0.6) is 0 Å². The van der Waals surface area contributed by atoms with E-state index in [1.54, 1.807) is 9.80 Å². The van der Waals surface area contributed by atoms with Crippen molar-refractivity contribution in [2.24, 2.45) is 0 Å². The second kappa shape index (κ2) is 8.26. The van der Waals surface area contributed by atoms with Crippen LogP contribution in [-0.2, 0) is 24.2 Å². The Morgan fingerprint density at radius 3 is 2.62 bits per heavy atom. The molecular weight excluding hydrogens is 336 g/mol. The van der Waals surface area contributed by atoms with Crippen LogP contribution >= 0.6 is 0 Å². The molecule has 138 valence electrons. The Morgan fingerprint density at radius 1 is 1.29 bits per heavy atom. The van der Waals surface area contributed by atoms with Gasteiger partial charge in [0.1, 0.15) is 6.04 Å². The van der Waals surface area contributed by atoms with Gasteiger partial charge in [0, 0.05) is 19.7 Å². The molecule has 2 fully saturated rings. The van der Waals surface area contributed by atoms with E-state index < -0.39 is 21.8 Å². The van der Waals surface area contributed by atoms with Crippen LogP contribution in [0.15, 0.2) is 0 Å². The fraction of sp³-hybridized carbons (Fsp3) is 0.867. The lowest BCUT2D eigenvalue weighted by Gasteiger charge is -2.35. The molecule has 2 atom stereocenters. The fourth-order valence-corrected chi connectivity index (χ4v) is 5.18. The van der Waals surface area contributed by atoms with Gasteiger partial charge in [-0.15, -0.1) is 0 Å². The van der Waals surface area contributed by atoms with Gasteiger partial charge in [-0.3, -0.25) is 14.5 Å². The lowest BCUT2D eigenvalue weighted by Crippen LogP contribution is -2.52. The molecule has 0 saturated carbocycles. The van der Waals surface area contributed by atoms with Gasteiger partial charge in [-0.25, -0.2) is 8.42 Å². The van der Waals surface area contributed by atoms with Crippen molar-refractivity contribution >= 4 is 21.7 Å². The van der Waals surface area contributed by atoms with Crippen molar-refractivity contribution in [3.63, 3.8) is 0 Å². The van der Waals surface area contributed by atoms with Gasteiger partial charge in [0.25, 0.3) is 0 Å². The zero-order valence-corrected chi connectivity index (χ0v) is 14.8. The molecule has 0 aromatic carbocycles. The van der Waals surface area contributed by atoms with Crippen molar-refractivity contribution < 1.29 is 27.9 Å². The SMILES string of the molecule is COCCN(C(=O)CN1CCCCC1C(=O)O)C1CCS(=O)(=O)C1. The van der Waals surface area contributed by atoms with Crippen LogP contribution in [0, 0.1) is 0 Å². The summed E-state index contributed by atoms with van der Waals surface area (Å²) < 4.78 is 28.5. The fourth-order valence-electron chi connectivity index (χ4n) is 3.45. The molecule has 24 heavy (non-hydrogen) atoms. The van der Waals surface area contributed by atoms with Gasteiger partial charge < -0.3 is 14.7 Å². The van der Waals surface area contributed by atoms with Gasteiger partial charge in [0.2, 0.25) is 5.91 Å². The maximum atomic E-state index is 12.7. The summed E-state index contributed by atoms with van der Waals surface area (Å²) in [5.74, 6) is -1.06. The molecule has 0 aromatic heterocycles. The Bertz CT molecular complexity index is 564. The average molecular weight is 362 g/mol. The smallest absolute Gasteiger partial charge is 0.320 e. The van der Waals surface area contributed by atoms with Crippen LogP contribution < -0.4 is 0 Å². The number of likely N-dealkylation sites (tertiary alicyclic amines) is 1. The molecule has 0 aromatic rings. The maximum absolute atomic E-state index is 12.7. The van der Waals surface area contributed by atoms with Crippen LogP contribution in [0.1, 0.15) is 25.7 Å². The molecule has 2 saturated heterocycles. The standard InChI is InChI=1S/C15H26N2O6S/c1-23-8-7-17(12-5-9-24(21,22)11-12)14(18)10-16-6-3-2-4-13(16)15(19)20/h12-13H,2-11H2,1H3,(H,19,20). The summed E-state index contributed by atoms with van der Waals surface area (Å²) in [7, 11) is -1.57. The summed E-state index contributed by atoms with van der Waals surface area (Å²) in [5, 5.41) is 9.32. The summed E-state index contributed by atoms with van der Waals surface area (Å²) in [6, 6.07) is -0.981. The minimum Gasteiger partial charge on any atom is -0.480 e.